The Morgan fingerprint density at radius 3 is 2.52 bits per heavy atom. The van der Waals surface area contributed by atoms with E-state index in [9.17, 15) is 22.8 Å². The van der Waals surface area contributed by atoms with E-state index in [0.717, 1.165) is 12.5 Å². The zero-order valence-corrected chi connectivity index (χ0v) is 18.5. The Labute approximate surface area is 180 Å². The molecule has 0 saturated carbocycles. The molecule has 2 amide bonds. The fraction of sp³-hybridized carbons (Fsp3) is 0.667. The van der Waals surface area contributed by atoms with E-state index in [-0.39, 0.29) is 25.0 Å². The molecule has 1 aromatic heterocycles. The molecule has 174 valence electrons. The minimum absolute atomic E-state index is 0.0695. The van der Waals surface area contributed by atoms with Crippen molar-refractivity contribution in [2.45, 2.75) is 77.2 Å². The Hall–Kier alpha value is -2.52. The van der Waals surface area contributed by atoms with Gasteiger partial charge in [0, 0.05) is 25.2 Å². The number of nitrogens with one attached hydrogen (secondary N) is 1. The van der Waals surface area contributed by atoms with E-state index in [1.165, 1.54) is 12.3 Å². The van der Waals surface area contributed by atoms with Gasteiger partial charge in [-0.15, -0.1) is 0 Å². The molecule has 1 saturated heterocycles. The van der Waals surface area contributed by atoms with Gasteiger partial charge in [-0.25, -0.2) is 9.78 Å². The third-order valence-corrected chi connectivity index (χ3v) is 4.55. The van der Waals surface area contributed by atoms with Gasteiger partial charge in [0.2, 0.25) is 11.8 Å². The van der Waals surface area contributed by atoms with Crippen molar-refractivity contribution in [1.29, 1.82) is 0 Å². The molecule has 1 atom stereocenters. The van der Waals surface area contributed by atoms with Crippen LogP contribution in [0.4, 0.5) is 18.0 Å². The molecule has 31 heavy (non-hydrogen) atoms. The lowest BCUT2D eigenvalue weighted by atomic mass is 10.1. The second kappa shape index (κ2) is 9.32. The number of amides is 2. The number of hydrogen-bond donors (Lipinski definition) is 1. The largest absolute Gasteiger partial charge is 0.475 e. The van der Waals surface area contributed by atoms with Gasteiger partial charge in [0.15, 0.2) is 0 Å². The molecule has 2 rings (SSSR count). The highest BCUT2D eigenvalue weighted by atomic mass is 19.4. The topological polar surface area (TPSA) is 80.8 Å². The minimum Gasteiger partial charge on any atom is -0.475 e. The average Bonchev–Trinajstić information content (AvgIpc) is 3.05. The SMILES string of the molecule is CC(C)(COc1ncccc1C(F)(F)F)NC(=O)C[C@@H]1CCCN1C(=O)OC(C)(C)C. The summed E-state index contributed by atoms with van der Waals surface area (Å²) in [5.74, 6) is -0.865. The first-order chi connectivity index (χ1) is 14.2. The molecule has 1 fully saturated rings. The van der Waals surface area contributed by atoms with E-state index < -0.39 is 34.9 Å². The summed E-state index contributed by atoms with van der Waals surface area (Å²) < 4.78 is 49.9. The van der Waals surface area contributed by atoms with Gasteiger partial charge in [-0.1, -0.05) is 0 Å². The number of aromatic nitrogens is 1. The molecule has 1 N–H and O–H groups in total. The lowest BCUT2D eigenvalue weighted by molar-refractivity contribution is -0.139. The van der Waals surface area contributed by atoms with Gasteiger partial charge in [0.25, 0.3) is 0 Å². The highest BCUT2D eigenvalue weighted by Crippen LogP contribution is 2.34. The molecule has 0 bridgehead atoms. The molecule has 0 radical (unpaired) electrons. The first-order valence-electron chi connectivity index (χ1n) is 10.1. The summed E-state index contributed by atoms with van der Waals surface area (Å²) in [7, 11) is 0. The van der Waals surface area contributed by atoms with Crippen molar-refractivity contribution in [1.82, 2.24) is 15.2 Å². The predicted molar refractivity (Wildman–Crippen MR) is 108 cm³/mol. The molecule has 7 nitrogen and oxygen atoms in total. The van der Waals surface area contributed by atoms with Gasteiger partial charge in [-0.2, -0.15) is 13.2 Å². The first-order valence-corrected chi connectivity index (χ1v) is 10.1. The van der Waals surface area contributed by atoms with Crippen LogP contribution in [0.3, 0.4) is 0 Å². The van der Waals surface area contributed by atoms with E-state index >= 15 is 0 Å². The van der Waals surface area contributed by atoms with Gasteiger partial charge in [-0.05, 0) is 59.6 Å². The van der Waals surface area contributed by atoms with Crippen LogP contribution < -0.4 is 10.1 Å². The number of nitrogens with zero attached hydrogens (tertiary/aromatic N) is 2. The van der Waals surface area contributed by atoms with Crippen LogP contribution in [0.5, 0.6) is 5.88 Å². The number of alkyl halides is 3. The lowest BCUT2D eigenvalue weighted by Gasteiger charge is -2.30. The van der Waals surface area contributed by atoms with E-state index in [2.05, 4.69) is 10.3 Å². The maximum absolute atomic E-state index is 13.1. The quantitative estimate of drug-likeness (QED) is 0.711. The van der Waals surface area contributed by atoms with E-state index in [0.29, 0.717) is 13.0 Å². The van der Waals surface area contributed by atoms with Crippen molar-refractivity contribution in [3.05, 3.63) is 23.9 Å². The highest BCUT2D eigenvalue weighted by molar-refractivity contribution is 5.78. The summed E-state index contributed by atoms with van der Waals surface area (Å²) in [5.41, 5.74) is -2.56. The number of halogens is 3. The third kappa shape index (κ3) is 7.59. The van der Waals surface area contributed by atoms with Crippen molar-refractivity contribution < 1.29 is 32.2 Å². The van der Waals surface area contributed by atoms with Crippen molar-refractivity contribution in [3.63, 3.8) is 0 Å². The van der Waals surface area contributed by atoms with E-state index in [4.69, 9.17) is 9.47 Å². The number of pyridine rings is 1. The van der Waals surface area contributed by atoms with Crippen molar-refractivity contribution in [2.75, 3.05) is 13.2 Å². The molecule has 0 unspecified atom stereocenters. The highest BCUT2D eigenvalue weighted by Gasteiger charge is 2.36. The number of carbonyl (C=O) groups excluding carboxylic acids is 2. The standard InChI is InChI=1S/C21H30F3N3O4/c1-19(2,3)31-18(29)27-11-7-8-14(27)12-16(28)26-20(4,5)13-30-17-15(21(22,23)24)9-6-10-25-17/h6,9-10,14H,7-8,11-13H2,1-5H3,(H,26,28)/t14-/m0/s1. The zero-order chi connectivity index (χ0) is 23.4. The Kier molecular flexibility index (Phi) is 7.44. The number of rotatable bonds is 6. The molecule has 1 aliphatic rings. The van der Waals surface area contributed by atoms with E-state index in [1.807, 2.05) is 0 Å². The van der Waals surface area contributed by atoms with Gasteiger partial charge in [0.1, 0.15) is 17.8 Å². The summed E-state index contributed by atoms with van der Waals surface area (Å²) in [4.78, 5) is 30.1. The maximum atomic E-state index is 13.1. The molecule has 2 heterocycles. The van der Waals surface area contributed by atoms with Crippen LogP contribution >= 0.6 is 0 Å². The predicted octanol–water partition coefficient (Wildman–Crippen LogP) is 4.16. The third-order valence-electron chi connectivity index (χ3n) is 4.55. The first kappa shape index (κ1) is 24.7. The Balaban J connectivity index is 1.93. The van der Waals surface area contributed by atoms with Crippen LogP contribution in [0, 0.1) is 0 Å². The van der Waals surface area contributed by atoms with E-state index in [1.54, 1.807) is 39.5 Å². The Morgan fingerprint density at radius 2 is 1.90 bits per heavy atom. The summed E-state index contributed by atoms with van der Waals surface area (Å²) >= 11 is 0. The molecule has 1 aromatic rings. The number of ether oxygens (including phenoxy) is 2. The number of carbonyl (C=O) groups is 2. The van der Waals surface area contributed by atoms with Gasteiger partial charge in [0.05, 0.1) is 5.54 Å². The summed E-state index contributed by atoms with van der Waals surface area (Å²) in [6, 6.07) is 1.78. The molecular formula is C21H30F3N3O4. The summed E-state index contributed by atoms with van der Waals surface area (Å²) in [6.45, 7) is 8.91. The average molecular weight is 445 g/mol. The van der Waals surface area contributed by atoms with Crippen LogP contribution in [0.15, 0.2) is 18.3 Å². The molecule has 0 spiro atoms. The number of likely N-dealkylation sites (tertiary alicyclic amines) is 1. The monoisotopic (exact) mass is 445 g/mol. The van der Waals surface area contributed by atoms with Gasteiger partial charge >= 0.3 is 12.3 Å². The van der Waals surface area contributed by atoms with Crippen molar-refractivity contribution in [2.24, 2.45) is 0 Å². The molecule has 0 aromatic carbocycles. The van der Waals surface area contributed by atoms with Crippen molar-refractivity contribution >= 4 is 12.0 Å². The van der Waals surface area contributed by atoms with Crippen LogP contribution in [0.25, 0.3) is 0 Å². The fourth-order valence-electron chi connectivity index (χ4n) is 3.26. The zero-order valence-electron chi connectivity index (χ0n) is 18.5. The van der Waals surface area contributed by atoms with Crippen LogP contribution in [0.1, 0.15) is 59.4 Å². The van der Waals surface area contributed by atoms with Gasteiger partial charge in [-0.3, -0.25) is 4.79 Å². The van der Waals surface area contributed by atoms with Gasteiger partial charge < -0.3 is 19.7 Å². The fourth-order valence-corrected chi connectivity index (χ4v) is 3.26. The number of hydrogen-bond acceptors (Lipinski definition) is 5. The van der Waals surface area contributed by atoms with Crippen LogP contribution in [-0.4, -0.2) is 52.2 Å². The molecule has 0 aliphatic carbocycles. The van der Waals surface area contributed by atoms with Crippen LogP contribution in [0.2, 0.25) is 0 Å². The summed E-state index contributed by atoms with van der Waals surface area (Å²) in [5, 5.41) is 2.77. The molecular weight excluding hydrogens is 415 g/mol. The molecule has 1 aliphatic heterocycles. The molecule has 10 heteroatoms. The normalized spacial score (nSPS) is 17.4. The second-order valence-electron chi connectivity index (χ2n) is 9.25. The summed E-state index contributed by atoms with van der Waals surface area (Å²) in [6.07, 6.45) is -2.33. The second-order valence-corrected chi connectivity index (χ2v) is 9.25. The Morgan fingerprint density at radius 1 is 1.23 bits per heavy atom. The smallest absolute Gasteiger partial charge is 0.421 e. The lowest BCUT2D eigenvalue weighted by Crippen LogP contribution is -2.50. The maximum Gasteiger partial charge on any atom is 0.421 e. The Bertz CT molecular complexity index is 791. The van der Waals surface area contributed by atoms with Crippen LogP contribution in [-0.2, 0) is 15.7 Å². The van der Waals surface area contributed by atoms with Crippen molar-refractivity contribution in [3.8, 4) is 5.88 Å². The minimum atomic E-state index is -4.59.